The molecule has 0 fully saturated rings. The molecular formula is C17H13FN4O3S2. The molecule has 0 saturated heterocycles. The number of nitro benzene ring substituents is 1. The van der Waals surface area contributed by atoms with Crippen LogP contribution in [0, 0.1) is 15.9 Å². The van der Waals surface area contributed by atoms with Gasteiger partial charge in [-0.1, -0.05) is 23.5 Å². The molecule has 27 heavy (non-hydrogen) atoms. The van der Waals surface area contributed by atoms with E-state index in [1.807, 2.05) is 6.26 Å². The minimum Gasteiger partial charge on any atom is -0.296 e. The zero-order valence-electron chi connectivity index (χ0n) is 14.0. The lowest BCUT2D eigenvalue weighted by molar-refractivity contribution is -0.385. The number of hydrogen-bond acceptors (Lipinski definition) is 7. The third-order valence-electron chi connectivity index (χ3n) is 3.58. The molecule has 3 rings (SSSR count). The maximum Gasteiger partial charge on any atom is 0.282 e. The molecule has 0 saturated carbocycles. The van der Waals surface area contributed by atoms with E-state index in [9.17, 15) is 19.3 Å². The number of halogens is 1. The summed E-state index contributed by atoms with van der Waals surface area (Å²) in [5, 5.41) is 22.4. The van der Waals surface area contributed by atoms with Gasteiger partial charge in [-0.25, -0.2) is 4.39 Å². The molecule has 1 amide bonds. The first kappa shape index (κ1) is 18.9. The van der Waals surface area contributed by atoms with Gasteiger partial charge in [-0.2, -0.15) is 0 Å². The van der Waals surface area contributed by atoms with Gasteiger partial charge in [-0.3, -0.25) is 20.2 Å². The minimum absolute atomic E-state index is 0.0475. The van der Waals surface area contributed by atoms with Gasteiger partial charge in [0.15, 0.2) is 0 Å². The van der Waals surface area contributed by atoms with Gasteiger partial charge in [0.25, 0.3) is 11.6 Å². The van der Waals surface area contributed by atoms with E-state index >= 15 is 0 Å². The Morgan fingerprint density at radius 1 is 1.30 bits per heavy atom. The Bertz CT molecular complexity index is 1010. The molecule has 2 aromatic carbocycles. The number of carbonyl (C=O) groups excluding carboxylic acids is 1. The van der Waals surface area contributed by atoms with Crippen molar-refractivity contribution in [1.82, 2.24) is 10.2 Å². The summed E-state index contributed by atoms with van der Waals surface area (Å²) in [4.78, 5) is 23.8. The summed E-state index contributed by atoms with van der Waals surface area (Å²) in [7, 11) is 0. The van der Waals surface area contributed by atoms with Crippen LogP contribution < -0.4 is 5.32 Å². The van der Waals surface area contributed by atoms with Crippen LogP contribution in [0.1, 0.15) is 20.9 Å². The molecule has 0 atom stereocenters. The summed E-state index contributed by atoms with van der Waals surface area (Å²) in [5.41, 5.74) is 0.399. The first-order chi connectivity index (χ1) is 13.0. The lowest BCUT2D eigenvalue weighted by Gasteiger charge is -2.04. The standard InChI is InChI=1S/C17H13FN4O3S2/c1-26-12-5-6-14(22(24)25)13(9-12)16(23)19-17-21-20-15(27-17)8-10-3-2-4-11(18)7-10/h2-7,9H,8H2,1H3,(H,19,21,23). The van der Waals surface area contributed by atoms with Crippen molar-refractivity contribution < 1.29 is 14.1 Å². The molecule has 1 N–H and O–H groups in total. The Hall–Kier alpha value is -2.85. The van der Waals surface area contributed by atoms with E-state index in [2.05, 4.69) is 15.5 Å². The molecule has 0 unspecified atom stereocenters. The van der Waals surface area contributed by atoms with Crippen LogP contribution in [-0.2, 0) is 6.42 Å². The number of hydrogen-bond donors (Lipinski definition) is 1. The molecule has 7 nitrogen and oxygen atoms in total. The van der Waals surface area contributed by atoms with Crippen molar-refractivity contribution in [2.75, 3.05) is 11.6 Å². The molecular weight excluding hydrogens is 391 g/mol. The predicted octanol–water partition coefficient (Wildman–Crippen LogP) is 4.15. The average Bonchev–Trinajstić information content (AvgIpc) is 3.07. The van der Waals surface area contributed by atoms with E-state index in [-0.39, 0.29) is 22.2 Å². The number of nitro groups is 1. The van der Waals surface area contributed by atoms with Crippen molar-refractivity contribution >= 4 is 39.8 Å². The fourth-order valence-corrected chi connectivity index (χ4v) is 3.55. The summed E-state index contributed by atoms with van der Waals surface area (Å²) in [5.74, 6) is -0.974. The Labute approximate surface area is 161 Å². The Balaban J connectivity index is 1.77. The number of carbonyl (C=O) groups is 1. The van der Waals surface area contributed by atoms with Crippen molar-refractivity contribution in [3.63, 3.8) is 0 Å². The molecule has 1 aromatic heterocycles. The number of aromatic nitrogens is 2. The number of nitrogens with one attached hydrogen (secondary N) is 1. The minimum atomic E-state index is -0.633. The van der Waals surface area contributed by atoms with Crippen LogP contribution in [0.3, 0.4) is 0 Å². The van der Waals surface area contributed by atoms with Gasteiger partial charge in [0, 0.05) is 17.4 Å². The van der Waals surface area contributed by atoms with E-state index < -0.39 is 10.8 Å². The zero-order valence-corrected chi connectivity index (χ0v) is 15.6. The third kappa shape index (κ3) is 4.66. The largest absolute Gasteiger partial charge is 0.296 e. The van der Waals surface area contributed by atoms with Gasteiger partial charge in [0.05, 0.1) is 4.92 Å². The van der Waals surface area contributed by atoms with E-state index in [4.69, 9.17) is 0 Å². The summed E-state index contributed by atoms with van der Waals surface area (Å²) >= 11 is 2.50. The van der Waals surface area contributed by atoms with Gasteiger partial charge in [0.2, 0.25) is 5.13 Å². The molecule has 3 aromatic rings. The number of benzene rings is 2. The fraction of sp³-hybridized carbons (Fsp3) is 0.118. The first-order valence-electron chi connectivity index (χ1n) is 7.67. The van der Waals surface area contributed by atoms with Crippen LogP contribution in [0.2, 0.25) is 0 Å². The summed E-state index contributed by atoms with van der Waals surface area (Å²) in [6, 6.07) is 10.5. The number of nitrogens with zero attached hydrogens (tertiary/aromatic N) is 3. The zero-order chi connectivity index (χ0) is 19.4. The quantitative estimate of drug-likeness (QED) is 0.376. The SMILES string of the molecule is CSc1ccc([N+](=O)[O-])c(C(=O)Nc2nnc(Cc3cccc(F)c3)s2)c1. The first-order valence-corrected chi connectivity index (χ1v) is 9.71. The van der Waals surface area contributed by atoms with Crippen molar-refractivity contribution in [3.05, 3.63) is 74.5 Å². The molecule has 0 aliphatic rings. The highest BCUT2D eigenvalue weighted by Crippen LogP contribution is 2.26. The van der Waals surface area contributed by atoms with Gasteiger partial charge >= 0.3 is 0 Å². The summed E-state index contributed by atoms with van der Waals surface area (Å²) in [6.45, 7) is 0. The van der Waals surface area contributed by atoms with Gasteiger partial charge in [0.1, 0.15) is 16.4 Å². The molecule has 1 heterocycles. The predicted molar refractivity (Wildman–Crippen MR) is 102 cm³/mol. The van der Waals surface area contributed by atoms with E-state index in [1.54, 1.807) is 18.2 Å². The lowest BCUT2D eigenvalue weighted by Crippen LogP contribution is -2.14. The maximum absolute atomic E-state index is 13.3. The van der Waals surface area contributed by atoms with Crippen LogP contribution >= 0.6 is 23.1 Å². The second kappa shape index (κ2) is 8.23. The second-order valence-corrected chi connectivity index (χ2v) is 7.34. The maximum atomic E-state index is 13.3. The topological polar surface area (TPSA) is 98.0 Å². The van der Waals surface area contributed by atoms with E-state index in [1.165, 1.54) is 36.0 Å². The number of amides is 1. The normalized spacial score (nSPS) is 10.6. The average molecular weight is 404 g/mol. The Morgan fingerprint density at radius 2 is 2.11 bits per heavy atom. The number of rotatable bonds is 6. The Morgan fingerprint density at radius 3 is 2.81 bits per heavy atom. The van der Waals surface area contributed by atoms with Crippen LogP contribution in [-0.4, -0.2) is 27.3 Å². The highest BCUT2D eigenvalue weighted by Gasteiger charge is 2.22. The second-order valence-electron chi connectivity index (χ2n) is 5.40. The molecule has 10 heteroatoms. The van der Waals surface area contributed by atoms with Crippen molar-refractivity contribution in [1.29, 1.82) is 0 Å². The molecule has 0 bridgehead atoms. The molecule has 0 aliphatic heterocycles. The van der Waals surface area contributed by atoms with Gasteiger partial charge < -0.3 is 0 Å². The Kier molecular flexibility index (Phi) is 5.77. The number of anilines is 1. The summed E-state index contributed by atoms with van der Waals surface area (Å²) < 4.78 is 13.3. The van der Waals surface area contributed by atoms with Crippen molar-refractivity contribution in [2.24, 2.45) is 0 Å². The molecule has 0 radical (unpaired) electrons. The van der Waals surface area contributed by atoms with Crippen molar-refractivity contribution in [3.8, 4) is 0 Å². The van der Waals surface area contributed by atoms with Crippen molar-refractivity contribution in [2.45, 2.75) is 11.3 Å². The molecule has 0 spiro atoms. The monoisotopic (exact) mass is 404 g/mol. The smallest absolute Gasteiger partial charge is 0.282 e. The summed E-state index contributed by atoms with van der Waals surface area (Å²) in [6.07, 6.45) is 2.18. The molecule has 0 aliphatic carbocycles. The highest BCUT2D eigenvalue weighted by molar-refractivity contribution is 7.98. The van der Waals surface area contributed by atoms with Gasteiger partial charge in [-0.05, 0) is 36.1 Å². The van der Waals surface area contributed by atoms with Crippen LogP contribution in [0.25, 0.3) is 0 Å². The third-order valence-corrected chi connectivity index (χ3v) is 5.14. The van der Waals surface area contributed by atoms with Crippen LogP contribution in [0.4, 0.5) is 15.2 Å². The highest BCUT2D eigenvalue weighted by atomic mass is 32.2. The lowest BCUT2D eigenvalue weighted by atomic mass is 10.1. The van der Waals surface area contributed by atoms with Crippen LogP contribution in [0.15, 0.2) is 47.4 Å². The van der Waals surface area contributed by atoms with Crippen LogP contribution in [0.5, 0.6) is 0 Å². The fourth-order valence-electron chi connectivity index (χ4n) is 2.34. The number of thioether (sulfide) groups is 1. The van der Waals surface area contributed by atoms with E-state index in [0.29, 0.717) is 11.4 Å². The van der Waals surface area contributed by atoms with E-state index in [0.717, 1.165) is 21.8 Å². The molecule has 138 valence electrons. The van der Waals surface area contributed by atoms with Gasteiger partial charge in [-0.15, -0.1) is 22.0 Å².